The average molecular weight is 242 g/mol. The number of likely N-dealkylation sites (N-methyl/N-ethyl adjacent to an activating group) is 1. The first-order valence-electron chi connectivity index (χ1n) is 7.05. The van der Waals surface area contributed by atoms with Gasteiger partial charge in [-0.15, -0.1) is 0 Å². The quantitative estimate of drug-likeness (QED) is 0.711. The second kappa shape index (κ2) is 10.6. The van der Waals surface area contributed by atoms with E-state index in [0.29, 0.717) is 0 Å². The van der Waals surface area contributed by atoms with Crippen LogP contribution in [0.2, 0.25) is 0 Å². The van der Waals surface area contributed by atoms with Gasteiger partial charge < -0.3 is 9.80 Å². The molecule has 0 unspecified atom stereocenters. The van der Waals surface area contributed by atoms with E-state index >= 15 is 0 Å². The maximum absolute atomic E-state index is 11.0. The van der Waals surface area contributed by atoms with Crippen molar-refractivity contribution in [2.24, 2.45) is 0 Å². The summed E-state index contributed by atoms with van der Waals surface area (Å²) in [4.78, 5) is 15.2. The van der Waals surface area contributed by atoms with E-state index in [1.165, 1.54) is 25.7 Å². The number of amides is 1. The van der Waals surface area contributed by atoms with Crippen molar-refractivity contribution in [3.05, 3.63) is 0 Å². The van der Waals surface area contributed by atoms with E-state index in [9.17, 15) is 4.79 Å². The van der Waals surface area contributed by atoms with Crippen LogP contribution in [0.15, 0.2) is 0 Å². The Balaban J connectivity index is 0.000000366. The van der Waals surface area contributed by atoms with Crippen LogP contribution in [0.1, 0.15) is 52.9 Å². The largest absolute Gasteiger partial charge is 0.342 e. The molecule has 1 amide bonds. The molecule has 1 rings (SSSR count). The maximum atomic E-state index is 11.0. The molecule has 0 bridgehead atoms. The first-order chi connectivity index (χ1) is 8.11. The van der Waals surface area contributed by atoms with Crippen LogP contribution >= 0.6 is 0 Å². The molecule has 1 heterocycles. The smallest absolute Gasteiger partial charge is 0.219 e. The second-order valence-electron chi connectivity index (χ2n) is 4.87. The first kappa shape index (κ1) is 16.4. The van der Waals surface area contributed by atoms with Crippen LogP contribution in [0, 0.1) is 0 Å². The SMILES string of the molecule is CC(=O)N1CCCN(C)CC1.CCCCCC. The molecule has 0 N–H and O–H groups in total. The van der Waals surface area contributed by atoms with Crippen molar-refractivity contribution in [3.8, 4) is 0 Å². The lowest BCUT2D eigenvalue weighted by Crippen LogP contribution is -2.32. The molecule has 3 nitrogen and oxygen atoms in total. The number of hydrogen-bond donors (Lipinski definition) is 0. The van der Waals surface area contributed by atoms with Crippen LogP contribution in [0.4, 0.5) is 0 Å². The molecule has 0 aromatic carbocycles. The Hall–Kier alpha value is -0.570. The number of nitrogens with zero attached hydrogens (tertiary/aromatic N) is 2. The number of carbonyl (C=O) groups excluding carboxylic acids is 1. The molecule has 17 heavy (non-hydrogen) atoms. The van der Waals surface area contributed by atoms with Crippen molar-refractivity contribution in [1.82, 2.24) is 9.80 Å². The highest BCUT2D eigenvalue weighted by Gasteiger charge is 2.12. The van der Waals surface area contributed by atoms with Gasteiger partial charge in [-0.1, -0.05) is 39.5 Å². The monoisotopic (exact) mass is 242 g/mol. The fraction of sp³-hybridized carbons (Fsp3) is 0.929. The van der Waals surface area contributed by atoms with Gasteiger partial charge in [-0.2, -0.15) is 0 Å². The van der Waals surface area contributed by atoms with E-state index in [4.69, 9.17) is 0 Å². The molecule has 0 saturated carbocycles. The fourth-order valence-corrected chi connectivity index (χ4v) is 1.86. The van der Waals surface area contributed by atoms with Gasteiger partial charge >= 0.3 is 0 Å². The Morgan fingerprint density at radius 1 is 1.00 bits per heavy atom. The van der Waals surface area contributed by atoms with E-state index in [0.717, 1.165) is 32.6 Å². The molecule has 0 spiro atoms. The molecule has 1 aliphatic heterocycles. The third-order valence-electron chi connectivity index (χ3n) is 3.12. The van der Waals surface area contributed by atoms with Crippen LogP contribution in [0.5, 0.6) is 0 Å². The van der Waals surface area contributed by atoms with Crippen molar-refractivity contribution in [2.45, 2.75) is 52.9 Å². The highest BCUT2D eigenvalue weighted by atomic mass is 16.2. The number of rotatable bonds is 3. The van der Waals surface area contributed by atoms with Gasteiger partial charge in [0.25, 0.3) is 0 Å². The molecular weight excluding hydrogens is 212 g/mol. The zero-order valence-electron chi connectivity index (χ0n) is 12.2. The predicted octanol–water partition coefficient (Wildman–Crippen LogP) is 2.76. The maximum Gasteiger partial charge on any atom is 0.219 e. The van der Waals surface area contributed by atoms with Crippen LogP contribution in [0.3, 0.4) is 0 Å². The Bertz CT molecular complexity index is 191. The lowest BCUT2D eigenvalue weighted by atomic mass is 10.2. The van der Waals surface area contributed by atoms with Crippen molar-refractivity contribution in [3.63, 3.8) is 0 Å². The molecule has 3 heteroatoms. The Morgan fingerprint density at radius 2 is 1.59 bits per heavy atom. The van der Waals surface area contributed by atoms with Gasteiger partial charge in [0.2, 0.25) is 5.91 Å². The van der Waals surface area contributed by atoms with Gasteiger partial charge in [0, 0.05) is 26.6 Å². The van der Waals surface area contributed by atoms with Crippen molar-refractivity contribution < 1.29 is 4.79 Å². The van der Waals surface area contributed by atoms with E-state index in [2.05, 4.69) is 25.8 Å². The van der Waals surface area contributed by atoms with Crippen LogP contribution in [-0.2, 0) is 4.79 Å². The summed E-state index contributed by atoms with van der Waals surface area (Å²) >= 11 is 0. The van der Waals surface area contributed by atoms with Crippen molar-refractivity contribution >= 4 is 5.91 Å². The highest BCUT2D eigenvalue weighted by Crippen LogP contribution is 2.00. The molecule has 0 aromatic heterocycles. The minimum absolute atomic E-state index is 0.209. The Kier molecular flexibility index (Phi) is 10.2. The predicted molar refractivity (Wildman–Crippen MR) is 74.2 cm³/mol. The van der Waals surface area contributed by atoms with Gasteiger partial charge in [-0.05, 0) is 20.0 Å². The van der Waals surface area contributed by atoms with Crippen LogP contribution in [-0.4, -0.2) is 48.9 Å². The second-order valence-corrected chi connectivity index (χ2v) is 4.87. The summed E-state index contributed by atoms with van der Waals surface area (Å²) in [5.74, 6) is 0.209. The molecule has 1 fully saturated rings. The van der Waals surface area contributed by atoms with Gasteiger partial charge in [0.15, 0.2) is 0 Å². The van der Waals surface area contributed by atoms with Gasteiger partial charge in [0.05, 0.1) is 0 Å². The molecular formula is C14H30N2O. The van der Waals surface area contributed by atoms with Gasteiger partial charge in [-0.25, -0.2) is 0 Å². The normalized spacial score (nSPS) is 17.1. The highest BCUT2D eigenvalue weighted by molar-refractivity contribution is 5.73. The summed E-state index contributed by atoms with van der Waals surface area (Å²) in [7, 11) is 2.10. The summed E-state index contributed by atoms with van der Waals surface area (Å²) in [5, 5.41) is 0. The number of hydrogen-bond acceptors (Lipinski definition) is 2. The van der Waals surface area contributed by atoms with E-state index in [-0.39, 0.29) is 5.91 Å². The topological polar surface area (TPSA) is 23.6 Å². The fourth-order valence-electron chi connectivity index (χ4n) is 1.86. The van der Waals surface area contributed by atoms with Crippen molar-refractivity contribution in [1.29, 1.82) is 0 Å². The van der Waals surface area contributed by atoms with Crippen LogP contribution < -0.4 is 0 Å². The molecule has 102 valence electrons. The molecule has 1 saturated heterocycles. The van der Waals surface area contributed by atoms with Crippen LogP contribution in [0.25, 0.3) is 0 Å². The average Bonchev–Trinajstić information content (AvgIpc) is 2.52. The molecule has 1 aliphatic rings. The van der Waals surface area contributed by atoms with Crippen molar-refractivity contribution in [2.75, 3.05) is 33.2 Å². The zero-order valence-corrected chi connectivity index (χ0v) is 12.2. The molecule has 0 aromatic rings. The van der Waals surface area contributed by atoms with Gasteiger partial charge in [-0.3, -0.25) is 4.79 Å². The molecule has 0 radical (unpaired) electrons. The standard InChI is InChI=1S/C8H16N2O.C6H14/c1-8(11)10-5-3-4-9(2)6-7-10;1-3-5-6-4-2/h3-7H2,1-2H3;3-6H2,1-2H3. The lowest BCUT2D eigenvalue weighted by molar-refractivity contribution is -0.128. The summed E-state index contributed by atoms with van der Waals surface area (Å²) in [6, 6.07) is 0. The molecule has 0 aliphatic carbocycles. The van der Waals surface area contributed by atoms with E-state index < -0.39 is 0 Å². The van der Waals surface area contributed by atoms with E-state index in [1.807, 2.05) is 4.90 Å². The molecule has 0 atom stereocenters. The third-order valence-corrected chi connectivity index (χ3v) is 3.12. The number of unbranched alkanes of at least 4 members (excludes halogenated alkanes) is 3. The minimum atomic E-state index is 0.209. The third kappa shape index (κ3) is 9.16. The lowest BCUT2D eigenvalue weighted by Gasteiger charge is -2.17. The first-order valence-corrected chi connectivity index (χ1v) is 7.05. The summed E-state index contributed by atoms with van der Waals surface area (Å²) in [5.41, 5.74) is 0. The van der Waals surface area contributed by atoms with E-state index in [1.54, 1.807) is 6.92 Å². The summed E-state index contributed by atoms with van der Waals surface area (Å²) in [6.07, 6.45) is 6.64. The summed E-state index contributed by atoms with van der Waals surface area (Å²) in [6.45, 7) is 10.1. The Labute approximate surface area is 107 Å². The Morgan fingerprint density at radius 3 is 2.06 bits per heavy atom. The zero-order chi connectivity index (χ0) is 13.1. The van der Waals surface area contributed by atoms with Gasteiger partial charge in [0.1, 0.15) is 0 Å². The number of carbonyl (C=O) groups is 1. The minimum Gasteiger partial charge on any atom is -0.342 e. The summed E-state index contributed by atoms with van der Waals surface area (Å²) < 4.78 is 0.